The number of aliphatic hydroxyl groups excluding tert-OH is 1. The summed E-state index contributed by atoms with van der Waals surface area (Å²) in [5.41, 5.74) is 1.42. The number of piperidine rings is 1. The molecule has 2 N–H and O–H groups in total. The zero-order valence-electron chi connectivity index (χ0n) is 12.8. The summed E-state index contributed by atoms with van der Waals surface area (Å²) >= 11 is 0. The molecule has 3 atom stereocenters. The van der Waals surface area contributed by atoms with E-state index >= 15 is 0 Å². The number of rotatable bonds is 3. The molecule has 21 heavy (non-hydrogen) atoms. The summed E-state index contributed by atoms with van der Waals surface area (Å²) in [6.45, 7) is 3.77. The first-order valence-electron chi connectivity index (χ1n) is 8.24. The third-order valence-electron chi connectivity index (χ3n) is 5.29. The van der Waals surface area contributed by atoms with Gasteiger partial charge in [0.1, 0.15) is 0 Å². The van der Waals surface area contributed by atoms with Crippen LogP contribution in [0, 0.1) is 5.92 Å². The van der Waals surface area contributed by atoms with Gasteiger partial charge in [-0.2, -0.15) is 0 Å². The van der Waals surface area contributed by atoms with Crippen LogP contribution < -0.4 is 4.90 Å². The lowest BCUT2D eigenvalue weighted by Crippen LogP contribution is -2.53. The van der Waals surface area contributed by atoms with E-state index in [9.17, 15) is 10.2 Å². The van der Waals surface area contributed by atoms with Crippen LogP contribution in [0.5, 0.6) is 0 Å². The van der Waals surface area contributed by atoms with Crippen molar-refractivity contribution in [2.45, 2.75) is 57.2 Å². The van der Waals surface area contributed by atoms with Gasteiger partial charge < -0.3 is 15.1 Å². The zero-order valence-corrected chi connectivity index (χ0v) is 12.8. The molecule has 0 bridgehead atoms. The molecular weight excluding hydrogens is 264 g/mol. The SMILES string of the molecule is CC[C@H](O)c1ccc(N2CCC3(O)CCCCC3C2)cn1. The summed E-state index contributed by atoms with van der Waals surface area (Å²) in [6, 6.07) is 3.97. The summed E-state index contributed by atoms with van der Waals surface area (Å²) in [5, 5.41) is 20.5. The van der Waals surface area contributed by atoms with Gasteiger partial charge in [-0.15, -0.1) is 0 Å². The van der Waals surface area contributed by atoms with Crippen molar-refractivity contribution >= 4 is 5.69 Å². The second-order valence-corrected chi connectivity index (χ2v) is 6.61. The molecule has 2 aliphatic rings. The van der Waals surface area contributed by atoms with Gasteiger partial charge in [0.25, 0.3) is 0 Å². The third-order valence-corrected chi connectivity index (χ3v) is 5.29. The molecule has 2 fully saturated rings. The Balaban J connectivity index is 1.70. The highest BCUT2D eigenvalue weighted by Gasteiger charge is 2.42. The van der Waals surface area contributed by atoms with Crippen LogP contribution >= 0.6 is 0 Å². The maximum absolute atomic E-state index is 10.7. The van der Waals surface area contributed by atoms with E-state index in [0.29, 0.717) is 12.3 Å². The number of nitrogens with zero attached hydrogens (tertiary/aromatic N) is 2. The number of pyridine rings is 1. The van der Waals surface area contributed by atoms with Crippen molar-refractivity contribution in [3.8, 4) is 0 Å². The van der Waals surface area contributed by atoms with Crippen molar-refractivity contribution in [2.24, 2.45) is 5.92 Å². The molecule has 1 aromatic rings. The topological polar surface area (TPSA) is 56.6 Å². The maximum Gasteiger partial charge on any atom is 0.0957 e. The fourth-order valence-electron chi connectivity index (χ4n) is 3.80. The number of aliphatic hydroxyl groups is 2. The molecule has 1 aliphatic carbocycles. The van der Waals surface area contributed by atoms with Crippen LogP contribution in [0.3, 0.4) is 0 Å². The van der Waals surface area contributed by atoms with Gasteiger partial charge in [0, 0.05) is 19.0 Å². The molecule has 2 heterocycles. The van der Waals surface area contributed by atoms with Gasteiger partial charge in [-0.05, 0) is 37.8 Å². The second kappa shape index (κ2) is 5.93. The van der Waals surface area contributed by atoms with Gasteiger partial charge in [0.2, 0.25) is 0 Å². The van der Waals surface area contributed by atoms with Gasteiger partial charge in [-0.25, -0.2) is 0 Å². The van der Waals surface area contributed by atoms with E-state index in [4.69, 9.17) is 0 Å². The van der Waals surface area contributed by atoms with E-state index in [2.05, 4.69) is 16.0 Å². The summed E-state index contributed by atoms with van der Waals surface area (Å²) < 4.78 is 0. The molecule has 1 aromatic heterocycles. The van der Waals surface area contributed by atoms with Gasteiger partial charge >= 0.3 is 0 Å². The van der Waals surface area contributed by atoms with Crippen LogP contribution in [0.1, 0.15) is 57.2 Å². The minimum absolute atomic E-state index is 0.390. The molecule has 1 saturated carbocycles. The fourth-order valence-corrected chi connectivity index (χ4v) is 3.80. The van der Waals surface area contributed by atoms with E-state index in [0.717, 1.165) is 50.2 Å². The molecule has 0 radical (unpaired) electrons. The molecule has 1 aliphatic heterocycles. The van der Waals surface area contributed by atoms with Gasteiger partial charge in [-0.3, -0.25) is 4.98 Å². The summed E-state index contributed by atoms with van der Waals surface area (Å²) in [6.07, 6.45) is 7.43. The first-order chi connectivity index (χ1) is 10.1. The zero-order chi connectivity index (χ0) is 14.9. The number of aromatic nitrogens is 1. The van der Waals surface area contributed by atoms with Crippen LogP contribution in [0.2, 0.25) is 0 Å². The van der Waals surface area contributed by atoms with Crippen LogP contribution in [-0.2, 0) is 0 Å². The largest absolute Gasteiger partial charge is 0.389 e. The average molecular weight is 290 g/mol. The van der Waals surface area contributed by atoms with Crippen molar-refractivity contribution in [1.29, 1.82) is 0 Å². The van der Waals surface area contributed by atoms with E-state index < -0.39 is 11.7 Å². The van der Waals surface area contributed by atoms with E-state index in [-0.39, 0.29) is 0 Å². The lowest BCUT2D eigenvalue weighted by Gasteiger charge is -2.48. The Hall–Kier alpha value is -1.13. The predicted molar refractivity (Wildman–Crippen MR) is 83.2 cm³/mol. The molecule has 3 rings (SSSR count). The predicted octanol–water partition coefficient (Wildman–Crippen LogP) is 2.66. The van der Waals surface area contributed by atoms with Gasteiger partial charge in [0.15, 0.2) is 0 Å². The highest BCUT2D eigenvalue weighted by Crippen LogP contribution is 2.40. The molecule has 1 saturated heterocycles. The molecule has 116 valence electrons. The van der Waals surface area contributed by atoms with E-state index in [1.165, 1.54) is 6.42 Å². The Morgan fingerprint density at radius 1 is 1.38 bits per heavy atom. The quantitative estimate of drug-likeness (QED) is 0.898. The normalized spacial score (nSPS) is 30.8. The molecule has 4 nitrogen and oxygen atoms in total. The van der Waals surface area contributed by atoms with E-state index in [1.54, 1.807) is 0 Å². The lowest BCUT2D eigenvalue weighted by atomic mass is 9.71. The number of hydrogen-bond acceptors (Lipinski definition) is 4. The van der Waals surface area contributed by atoms with Crippen LogP contribution in [0.25, 0.3) is 0 Å². The minimum Gasteiger partial charge on any atom is -0.389 e. The molecule has 0 aromatic carbocycles. The highest BCUT2D eigenvalue weighted by molar-refractivity contribution is 5.45. The van der Waals surface area contributed by atoms with Crippen LogP contribution in [0.15, 0.2) is 18.3 Å². The lowest BCUT2D eigenvalue weighted by molar-refractivity contribution is -0.0612. The highest BCUT2D eigenvalue weighted by atomic mass is 16.3. The Morgan fingerprint density at radius 2 is 2.24 bits per heavy atom. The van der Waals surface area contributed by atoms with Gasteiger partial charge in [0.05, 0.1) is 29.3 Å². The van der Waals surface area contributed by atoms with Crippen LogP contribution in [-0.4, -0.2) is 33.9 Å². The summed E-state index contributed by atoms with van der Waals surface area (Å²) in [4.78, 5) is 6.72. The average Bonchev–Trinajstić information content (AvgIpc) is 2.53. The van der Waals surface area contributed by atoms with Crippen molar-refractivity contribution in [3.63, 3.8) is 0 Å². The van der Waals surface area contributed by atoms with E-state index in [1.807, 2.05) is 19.2 Å². The number of anilines is 1. The van der Waals surface area contributed by atoms with Gasteiger partial charge in [-0.1, -0.05) is 19.8 Å². The smallest absolute Gasteiger partial charge is 0.0957 e. The van der Waals surface area contributed by atoms with Crippen LogP contribution in [0.4, 0.5) is 5.69 Å². The third kappa shape index (κ3) is 2.92. The first-order valence-corrected chi connectivity index (χ1v) is 8.24. The molecule has 4 heteroatoms. The standard InChI is InChI=1S/C17H26N2O2/c1-2-16(20)15-7-6-14(11-18-15)19-10-9-17(21)8-4-3-5-13(17)12-19/h6-7,11,13,16,20-21H,2-5,8-10,12H2,1H3/t13?,16-,17?/m0/s1. The summed E-state index contributed by atoms with van der Waals surface area (Å²) in [7, 11) is 0. The Labute approximate surface area is 126 Å². The fraction of sp³-hybridized carbons (Fsp3) is 0.706. The maximum atomic E-state index is 10.7. The van der Waals surface area contributed by atoms with Crippen molar-refractivity contribution in [3.05, 3.63) is 24.0 Å². The molecule has 0 amide bonds. The second-order valence-electron chi connectivity index (χ2n) is 6.61. The number of fused-ring (bicyclic) bond motifs is 1. The molecule has 2 unspecified atom stereocenters. The molecule has 0 spiro atoms. The van der Waals surface area contributed by atoms with Crippen molar-refractivity contribution in [2.75, 3.05) is 18.0 Å². The Bertz CT molecular complexity index is 476. The van der Waals surface area contributed by atoms with Crippen molar-refractivity contribution in [1.82, 2.24) is 4.98 Å². The molecular formula is C17H26N2O2. The Kier molecular flexibility index (Phi) is 4.18. The van der Waals surface area contributed by atoms with Crippen molar-refractivity contribution < 1.29 is 10.2 Å². The minimum atomic E-state index is -0.469. The number of hydrogen-bond donors (Lipinski definition) is 2. The summed E-state index contributed by atoms with van der Waals surface area (Å²) in [5.74, 6) is 0.390. The Morgan fingerprint density at radius 3 is 2.95 bits per heavy atom. The monoisotopic (exact) mass is 290 g/mol. The first kappa shape index (κ1) is 14.8.